The molecular formula is C16H24N2O. The van der Waals surface area contributed by atoms with Crippen LogP contribution in [0.4, 0.5) is 0 Å². The summed E-state index contributed by atoms with van der Waals surface area (Å²) in [6, 6.07) is 8.16. The zero-order valence-corrected chi connectivity index (χ0v) is 12.0. The molecule has 0 spiro atoms. The van der Waals surface area contributed by atoms with Crippen molar-refractivity contribution in [2.24, 2.45) is 0 Å². The Labute approximate surface area is 117 Å². The normalized spacial score (nSPS) is 10.4. The van der Waals surface area contributed by atoms with Crippen LogP contribution in [0.5, 0.6) is 5.75 Å². The highest BCUT2D eigenvalue weighted by Crippen LogP contribution is 2.17. The molecule has 0 atom stereocenters. The lowest BCUT2D eigenvalue weighted by Gasteiger charge is -2.16. The maximum Gasteiger partial charge on any atom is 0.123 e. The number of nitrogens with zero attached hydrogens (tertiary/aromatic N) is 1. The molecule has 0 saturated heterocycles. The smallest absolute Gasteiger partial charge is 0.123 e. The topological polar surface area (TPSA) is 24.5 Å². The Morgan fingerprint density at radius 3 is 2.89 bits per heavy atom. The van der Waals surface area contributed by atoms with Crippen molar-refractivity contribution in [2.75, 3.05) is 33.3 Å². The van der Waals surface area contributed by atoms with Crippen LogP contribution in [0.1, 0.15) is 18.9 Å². The van der Waals surface area contributed by atoms with Crippen LogP contribution >= 0.6 is 0 Å². The van der Waals surface area contributed by atoms with Gasteiger partial charge in [-0.05, 0) is 26.1 Å². The van der Waals surface area contributed by atoms with Crippen LogP contribution in [-0.2, 0) is 6.54 Å². The van der Waals surface area contributed by atoms with E-state index >= 15 is 0 Å². The molecule has 0 aliphatic carbocycles. The number of likely N-dealkylation sites (N-methyl/N-ethyl adjacent to an activating group) is 1. The molecule has 0 aromatic heterocycles. The second-order valence-corrected chi connectivity index (χ2v) is 4.57. The number of ether oxygens (including phenoxy) is 1. The van der Waals surface area contributed by atoms with Crippen molar-refractivity contribution in [3.8, 4) is 18.1 Å². The molecule has 0 aliphatic rings. The van der Waals surface area contributed by atoms with Gasteiger partial charge in [-0.3, -0.25) is 4.90 Å². The second kappa shape index (κ2) is 9.43. The first-order valence-corrected chi connectivity index (χ1v) is 6.81. The number of rotatable bonds is 9. The van der Waals surface area contributed by atoms with E-state index in [9.17, 15) is 0 Å². The number of benzene rings is 1. The third-order valence-electron chi connectivity index (χ3n) is 2.81. The number of nitrogens with one attached hydrogen (secondary N) is 1. The van der Waals surface area contributed by atoms with Gasteiger partial charge < -0.3 is 10.1 Å². The van der Waals surface area contributed by atoms with Crippen molar-refractivity contribution in [2.45, 2.75) is 19.9 Å². The fourth-order valence-electron chi connectivity index (χ4n) is 1.74. The lowest BCUT2D eigenvalue weighted by Crippen LogP contribution is -2.24. The first-order valence-electron chi connectivity index (χ1n) is 6.81. The van der Waals surface area contributed by atoms with E-state index in [2.05, 4.69) is 29.1 Å². The lowest BCUT2D eigenvalue weighted by molar-refractivity contribution is 0.249. The lowest BCUT2D eigenvalue weighted by atomic mass is 10.2. The molecule has 1 rings (SSSR count). The van der Waals surface area contributed by atoms with Crippen LogP contribution in [0.25, 0.3) is 0 Å². The minimum absolute atomic E-state index is 0.656. The summed E-state index contributed by atoms with van der Waals surface area (Å²) in [7, 11) is 2.00. The SMILES string of the molecule is C#CCN(C)CCOc1ccccc1CNCCC. The summed E-state index contributed by atoms with van der Waals surface area (Å²) in [6.07, 6.45) is 6.40. The monoisotopic (exact) mass is 260 g/mol. The average molecular weight is 260 g/mol. The molecule has 0 radical (unpaired) electrons. The molecular weight excluding hydrogens is 236 g/mol. The predicted molar refractivity (Wildman–Crippen MR) is 80.3 cm³/mol. The van der Waals surface area contributed by atoms with Gasteiger partial charge in [-0.25, -0.2) is 0 Å². The number of hydrogen-bond donors (Lipinski definition) is 1. The van der Waals surface area contributed by atoms with Crippen LogP contribution in [-0.4, -0.2) is 38.2 Å². The third-order valence-corrected chi connectivity index (χ3v) is 2.81. The largest absolute Gasteiger partial charge is 0.492 e. The third kappa shape index (κ3) is 6.28. The van der Waals surface area contributed by atoms with Gasteiger partial charge in [0, 0.05) is 18.7 Å². The van der Waals surface area contributed by atoms with Crippen LogP contribution in [0.2, 0.25) is 0 Å². The van der Waals surface area contributed by atoms with Gasteiger partial charge >= 0.3 is 0 Å². The van der Waals surface area contributed by atoms with Crippen LogP contribution < -0.4 is 10.1 Å². The molecule has 1 N–H and O–H groups in total. The van der Waals surface area contributed by atoms with E-state index in [0.29, 0.717) is 13.2 Å². The Bertz CT molecular complexity index is 398. The summed E-state index contributed by atoms with van der Waals surface area (Å²) in [4.78, 5) is 2.07. The van der Waals surface area contributed by atoms with Gasteiger partial charge in [-0.2, -0.15) is 0 Å². The van der Waals surface area contributed by atoms with Gasteiger partial charge in [-0.1, -0.05) is 31.0 Å². The summed E-state index contributed by atoms with van der Waals surface area (Å²) >= 11 is 0. The first kappa shape index (κ1) is 15.6. The molecule has 0 bridgehead atoms. The minimum Gasteiger partial charge on any atom is -0.492 e. The molecule has 0 heterocycles. The van der Waals surface area contributed by atoms with Crippen molar-refractivity contribution in [1.82, 2.24) is 10.2 Å². The Kier molecular flexibility index (Phi) is 7.72. The minimum atomic E-state index is 0.656. The fraction of sp³-hybridized carbons (Fsp3) is 0.500. The quantitative estimate of drug-likeness (QED) is 0.544. The van der Waals surface area contributed by atoms with Crippen LogP contribution in [0.3, 0.4) is 0 Å². The molecule has 3 heteroatoms. The highest BCUT2D eigenvalue weighted by Gasteiger charge is 2.03. The number of hydrogen-bond acceptors (Lipinski definition) is 3. The summed E-state index contributed by atoms with van der Waals surface area (Å²) in [6.45, 7) is 6.19. The molecule has 0 fully saturated rings. The number of terminal acetylenes is 1. The van der Waals surface area contributed by atoms with Gasteiger partial charge in [0.2, 0.25) is 0 Å². The van der Waals surface area contributed by atoms with E-state index in [1.54, 1.807) is 0 Å². The maximum absolute atomic E-state index is 5.83. The van der Waals surface area contributed by atoms with E-state index in [1.807, 2.05) is 25.2 Å². The van der Waals surface area contributed by atoms with Crippen LogP contribution in [0, 0.1) is 12.3 Å². The Hall–Kier alpha value is -1.50. The predicted octanol–water partition coefficient (Wildman–Crippen LogP) is 2.13. The molecule has 0 amide bonds. The molecule has 1 aromatic carbocycles. The summed E-state index contributed by atoms with van der Waals surface area (Å²) in [5, 5.41) is 3.39. The summed E-state index contributed by atoms with van der Waals surface area (Å²) in [5.74, 6) is 3.58. The zero-order valence-electron chi connectivity index (χ0n) is 12.0. The molecule has 3 nitrogen and oxygen atoms in total. The zero-order chi connectivity index (χ0) is 13.9. The van der Waals surface area contributed by atoms with Crippen molar-refractivity contribution >= 4 is 0 Å². The van der Waals surface area contributed by atoms with E-state index in [1.165, 1.54) is 5.56 Å². The highest BCUT2D eigenvalue weighted by molar-refractivity contribution is 5.33. The van der Waals surface area contributed by atoms with Gasteiger partial charge in [0.25, 0.3) is 0 Å². The Morgan fingerprint density at radius 2 is 2.16 bits per heavy atom. The van der Waals surface area contributed by atoms with Crippen molar-refractivity contribution in [3.63, 3.8) is 0 Å². The van der Waals surface area contributed by atoms with E-state index in [4.69, 9.17) is 11.2 Å². The Balaban J connectivity index is 2.42. The summed E-state index contributed by atoms with van der Waals surface area (Å²) in [5.41, 5.74) is 1.20. The molecule has 1 aromatic rings. The standard InChI is InChI=1S/C16H24N2O/c1-4-10-17-14-15-8-6-7-9-16(15)19-13-12-18(3)11-5-2/h2,6-9,17H,4,10-14H2,1,3H3. The van der Waals surface area contributed by atoms with Crippen molar-refractivity contribution < 1.29 is 4.74 Å². The van der Waals surface area contributed by atoms with Crippen molar-refractivity contribution in [1.29, 1.82) is 0 Å². The second-order valence-electron chi connectivity index (χ2n) is 4.57. The highest BCUT2D eigenvalue weighted by atomic mass is 16.5. The van der Waals surface area contributed by atoms with Crippen molar-refractivity contribution in [3.05, 3.63) is 29.8 Å². The fourth-order valence-corrected chi connectivity index (χ4v) is 1.74. The van der Waals surface area contributed by atoms with E-state index in [0.717, 1.165) is 31.8 Å². The molecule has 0 aliphatic heterocycles. The van der Waals surface area contributed by atoms with Gasteiger partial charge in [0.1, 0.15) is 12.4 Å². The van der Waals surface area contributed by atoms with Gasteiger partial charge in [0.15, 0.2) is 0 Å². The van der Waals surface area contributed by atoms with E-state index in [-0.39, 0.29) is 0 Å². The molecule has 0 unspecified atom stereocenters. The maximum atomic E-state index is 5.83. The molecule has 19 heavy (non-hydrogen) atoms. The van der Waals surface area contributed by atoms with E-state index < -0.39 is 0 Å². The van der Waals surface area contributed by atoms with Gasteiger partial charge in [0.05, 0.1) is 6.54 Å². The Morgan fingerprint density at radius 1 is 1.37 bits per heavy atom. The average Bonchev–Trinajstić information content (AvgIpc) is 2.41. The number of para-hydroxylation sites is 1. The first-order chi connectivity index (χ1) is 9.27. The van der Waals surface area contributed by atoms with Crippen LogP contribution in [0.15, 0.2) is 24.3 Å². The molecule has 104 valence electrons. The van der Waals surface area contributed by atoms with Gasteiger partial charge in [-0.15, -0.1) is 6.42 Å². The molecule has 0 saturated carbocycles. The summed E-state index contributed by atoms with van der Waals surface area (Å²) < 4.78 is 5.83.